The molecular weight excluding hydrogens is 467 g/mol. The van der Waals surface area contributed by atoms with E-state index < -0.39 is 29.3 Å². The fourth-order valence-electron chi connectivity index (χ4n) is 4.08. The van der Waals surface area contributed by atoms with E-state index in [9.17, 15) is 19.2 Å². The van der Waals surface area contributed by atoms with Crippen molar-refractivity contribution in [2.24, 2.45) is 11.7 Å². The van der Waals surface area contributed by atoms with Crippen LogP contribution in [0.1, 0.15) is 36.7 Å². The van der Waals surface area contributed by atoms with Crippen molar-refractivity contribution in [3.05, 3.63) is 60.3 Å². The molecule has 0 bridgehead atoms. The van der Waals surface area contributed by atoms with Gasteiger partial charge in [0.15, 0.2) is 5.82 Å². The van der Waals surface area contributed by atoms with Crippen molar-refractivity contribution in [2.75, 3.05) is 25.0 Å². The van der Waals surface area contributed by atoms with Crippen LogP contribution in [0.5, 0.6) is 0 Å². The Balaban J connectivity index is 1.44. The molecule has 188 valence electrons. The Labute approximate surface area is 207 Å². The van der Waals surface area contributed by atoms with Crippen LogP contribution in [-0.4, -0.2) is 56.2 Å². The Morgan fingerprint density at radius 3 is 2.72 bits per heavy atom. The first-order valence-electron chi connectivity index (χ1n) is 11.4. The molecule has 1 aromatic carbocycles. The molecule has 0 unspecified atom stereocenters. The van der Waals surface area contributed by atoms with Gasteiger partial charge in [0, 0.05) is 37.4 Å². The molecule has 1 aliphatic heterocycles. The smallest absolute Gasteiger partial charge is 0.409 e. The lowest BCUT2D eigenvalue weighted by Gasteiger charge is -2.35. The second-order valence-corrected chi connectivity index (χ2v) is 9.22. The van der Waals surface area contributed by atoms with Gasteiger partial charge in [0.25, 0.3) is 5.91 Å². The van der Waals surface area contributed by atoms with Crippen molar-refractivity contribution in [1.29, 1.82) is 5.26 Å². The van der Waals surface area contributed by atoms with Crippen molar-refractivity contribution in [3.63, 3.8) is 0 Å². The number of nitrogens with two attached hydrogens (primary N) is 1. The minimum Gasteiger partial charge on any atom is -0.447 e. The van der Waals surface area contributed by atoms with E-state index in [4.69, 9.17) is 10.5 Å². The molecule has 3 aromatic rings. The van der Waals surface area contributed by atoms with Crippen LogP contribution in [0.25, 0.3) is 0 Å². The summed E-state index contributed by atoms with van der Waals surface area (Å²) in [7, 11) is 0. The molecule has 4 rings (SSSR count). The van der Waals surface area contributed by atoms with E-state index in [0.29, 0.717) is 18.7 Å². The molecule has 2 aromatic heterocycles. The van der Waals surface area contributed by atoms with Gasteiger partial charge in [-0.25, -0.2) is 9.18 Å². The normalized spacial score (nSPS) is 17.9. The second kappa shape index (κ2) is 10.1. The number of aromatic nitrogens is 4. The lowest BCUT2D eigenvalue weighted by molar-refractivity contribution is 0.0509. The minimum atomic E-state index is -0.694. The fraction of sp³-hybridized carbons (Fsp3) is 0.375. The van der Waals surface area contributed by atoms with Gasteiger partial charge in [0.1, 0.15) is 18.0 Å². The first kappa shape index (κ1) is 24.7. The molecule has 0 spiro atoms. The highest BCUT2D eigenvalue weighted by Gasteiger charge is 2.35. The minimum absolute atomic E-state index is 0.115. The van der Waals surface area contributed by atoms with Crippen molar-refractivity contribution in [1.82, 2.24) is 24.5 Å². The number of halogens is 1. The van der Waals surface area contributed by atoms with E-state index in [1.165, 1.54) is 40.0 Å². The SMILES string of the molecule is CC(C)(COC(=O)N1CC[C@@H](n2cc(C(N)=O)c(Nc3ccc(F)cc3)n2)[C@@H](C#N)C1)n1cccn1. The van der Waals surface area contributed by atoms with Gasteiger partial charge in [0.2, 0.25) is 0 Å². The van der Waals surface area contributed by atoms with Gasteiger partial charge in [-0.05, 0) is 50.6 Å². The third kappa shape index (κ3) is 5.30. The van der Waals surface area contributed by atoms with Gasteiger partial charge in [0.05, 0.1) is 23.6 Å². The Morgan fingerprint density at radius 1 is 1.33 bits per heavy atom. The van der Waals surface area contributed by atoms with Crippen LogP contribution >= 0.6 is 0 Å². The molecule has 0 aliphatic carbocycles. The topological polar surface area (TPSA) is 144 Å². The van der Waals surface area contributed by atoms with Gasteiger partial charge >= 0.3 is 6.09 Å². The standard InChI is InChI=1S/C24H27FN8O3/c1-24(2,33-10-3-9-28-33)15-36-23(35)31-11-8-20(16(12-26)13-31)32-14-19(21(27)34)22(30-32)29-18-6-4-17(25)5-7-18/h3-7,9-10,14,16,20H,8,11,13,15H2,1-2H3,(H2,27,34)(H,29,30)/t16-,20+/m0/s1. The quantitative estimate of drug-likeness (QED) is 0.514. The van der Waals surface area contributed by atoms with Crippen LogP contribution in [-0.2, 0) is 10.3 Å². The predicted octanol–water partition coefficient (Wildman–Crippen LogP) is 3.02. The zero-order valence-electron chi connectivity index (χ0n) is 20.0. The number of nitriles is 1. The number of hydrogen-bond acceptors (Lipinski definition) is 7. The number of carbonyl (C=O) groups excluding carboxylic acids is 2. The fourth-order valence-corrected chi connectivity index (χ4v) is 4.08. The maximum Gasteiger partial charge on any atom is 0.409 e. The number of primary amides is 1. The molecule has 3 N–H and O–H groups in total. The Kier molecular flexibility index (Phi) is 6.91. The number of amides is 2. The number of ether oxygens (including phenoxy) is 1. The molecular formula is C24H27FN8O3. The third-order valence-electron chi connectivity index (χ3n) is 6.12. The van der Waals surface area contributed by atoms with Crippen molar-refractivity contribution in [3.8, 4) is 6.07 Å². The number of benzene rings is 1. The van der Waals surface area contributed by atoms with E-state index in [2.05, 4.69) is 21.6 Å². The number of piperidine rings is 1. The zero-order chi connectivity index (χ0) is 25.9. The van der Waals surface area contributed by atoms with E-state index in [-0.39, 0.29) is 30.6 Å². The van der Waals surface area contributed by atoms with Crippen LogP contribution < -0.4 is 11.1 Å². The molecule has 2 atom stereocenters. The average Bonchev–Trinajstić information content (AvgIpc) is 3.55. The number of anilines is 2. The van der Waals surface area contributed by atoms with Gasteiger partial charge in [-0.3, -0.25) is 14.2 Å². The van der Waals surface area contributed by atoms with Crippen LogP contribution in [0.2, 0.25) is 0 Å². The first-order valence-corrected chi connectivity index (χ1v) is 11.4. The molecule has 11 nitrogen and oxygen atoms in total. The largest absolute Gasteiger partial charge is 0.447 e. The number of nitrogens with zero attached hydrogens (tertiary/aromatic N) is 6. The van der Waals surface area contributed by atoms with Gasteiger partial charge in [-0.2, -0.15) is 15.5 Å². The maximum absolute atomic E-state index is 13.2. The summed E-state index contributed by atoms with van der Waals surface area (Å²) in [5.74, 6) is -1.48. The van der Waals surface area contributed by atoms with Crippen molar-refractivity contribution < 1.29 is 18.7 Å². The third-order valence-corrected chi connectivity index (χ3v) is 6.12. The monoisotopic (exact) mass is 494 g/mol. The lowest BCUT2D eigenvalue weighted by atomic mass is 9.94. The number of likely N-dealkylation sites (tertiary alicyclic amines) is 1. The Hall–Kier alpha value is -4.40. The number of carbonyl (C=O) groups is 2. The summed E-state index contributed by atoms with van der Waals surface area (Å²) in [6.45, 7) is 4.42. The summed E-state index contributed by atoms with van der Waals surface area (Å²) in [6, 6.07) is 9.23. The molecule has 2 amide bonds. The summed E-state index contributed by atoms with van der Waals surface area (Å²) in [5, 5.41) is 21.5. The van der Waals surface area contributed by atoms with Crippen LogP contribution in [0, 0.1) is 23.1 Å². The zero-order valence-corrected chi connectivity index (χ0v) is 20.0. The highest BCUT2D eigenvalue weighted by molar-refractivity contribution is 5.98. The average molecular weight is 495 g/mol. The van der Waals surface area contributed by atoms with Crippen molar-refractivity contribution in [2.45, 2.75) is 31.8 Å². The highest BCUT2D eigenvalue weighted by atomic mass is 19.1. The van der Waals surface area contributed by atoms with Crippen LogP contribution in [0.15, 0.2) is 48.9 Å². The van der Waals surface area contributed by atoms with E-state index in [0.717, 1.165) is 0 Å². The molecule has 1 fully saturated rings. The highest BCUT2D eigenvalue weighted by Crippen LogP contribution is 2.30. The summed E-state index contributed by atoms with van der Waals surface area (Å²) < 4.78 is 22.0. The number of nitrogens with one attached hydrogen (secondary N) is 1. The molecule has 1 aliphatic rings. The Bertz CT molecular complexity index is 1260. The van der Waals surface area contributed by atoms with Crippen LogP contribution in [0.4, 0.5) is 20.7 Å². The molecule has 12 heteroatoms. The molecule has 36 heavy (non-hydrogen) atoms. The van der Waals surface area contributed by atoms with Crippen molar-refractivity contribution >= 4 is 23.5 Å². The predicted molar refractivity (Wildman–Crippen MR) is 128 cm³/mol. The van der Waals surface area contributed by atoms with Crippen LogP contribution in [0.3, 0.4) is 0 Å². The molecule has 0 radical (unpaired) electrons. The molecule has 3 heterocycles. The summed E-state index contributed by atoms with van der Waals surface area (Å²) in [6.07, 6.45) is 4.86. The van der Waals surface area contributed by atoms with E-state index >= 15 is 0 Å². The van der Waals surface area contributed by atoms with Gasteiger partial charge in [-0.1, -0.05) is 0 Å². The summed E-state index contributed by atoms with van der Waals surface area (Å²) in [5.41, 5.74) is 5.67. The van der Waals surface area contributed by atoms with Gasteiger partial charge in [-0.15, -0.1) is 0 Å². The van der Waals surface area contributed by atoms with E-state index in [1.807, 2.05) is 13.8 Å². The lowest BCUT2D eigenvalue weighted by Crippen LogP contribution is -2.45. The molecule has 1 saturated heterocycles. The van der Waals surface area contributed by atoms with Gasteiger partial charge < -0.3 is 20.7 Å². The molecule has 0 saturated carbocycles. The second-order valence-electron chi connectivity index (χ2n) is 9.22. The summed E-state index contributed by atoms with van der Waals surface area (Å²) in [4.78, 5) is 26.3. The number of rotatable bonds is 7. The maximum atomic E-state index is 13.2. The van der Waals surface area contributed by atoms with E-state index in [1.54, 1.807) is 23.1 Å². The number of hydrogen-bond donors (Lipinski definition) is 2. The Morgan fingerprint density at radius 2 is 2.08 bits per heavy atom. The first-order chi connectivity index (χ1) is 17.2. The summed E-state index contributed by atoms with van der Waals surface area (Å²) >= 11 is 0.